The summed E-state index contributed by atoms with van der Waals surface area (Å²) in [7, 11) is 0. The summed E-state index contributed by atoms with van der Waals surface area (Å²) in [6, 6.07) is 11.5. The van der Waals surface area contributed by atoms with Gasteiger partial charge >= 0.3 is 12.1 Å². The number of rotatable bonds is 4. The monoisotopic (exact) mass is 351 g/mol. The molecule has 1 N–H and O–H groups in total. The van der Waals surface area contributed by atoms with E-state index in [1.165, 1.54) is 12.1 Å². The molecule has 0 saturated carbocycles. The summed E-state index contributed by atoms with van der Waals surface area (Å²) in [5, 5.41) is 2.00. The lowest BCUT2D eigenvalue weighted by Crippen LogP contribution is -2.34. The molecule has 2 aromatic rings. The molecule has 0 aliphatic carbocycles. The van der Waals surface area contributed by atoms with Crippen molar-refractivity contribution < 1.29 is 32.3 Å². The second kappa shape index (κ2) is 7.61. The van der Waals surface area contributed by atoms with E-state index < -0.39 is 36.1 Å². The zero-order chi connectivity index (χ0) is 18.4. The number of hydrogen-bond acceptors (Lipinski definition) is 4. The van der Waals surface area contributed by atoms with Crippen molar-refractivity contribution in [3.63, 3.8) is 0 Å². The van der Waals surface area contributed by atoms with Gasteiger partial charge in [0.05, 0.1) is 11.1 Å². The van der Waals surface area contributed by atoms with E-state index in [0.29, 0.717) is 6.07 Å². The van der Waals surface area contributed by atoms with Crippen LogP contribution < -0.4 is 5.32 Å². The lowest BCUT2D eigenvalue weighted by atomic mass is 10.1. The maximum atomic E-state index is 12.6. The highest BCUT2D eigenvalue weighted by molar-refractivity contribution is 6.05. The zero-order valence-electron chi connectivity index (χ0n) is 12.7. The van der Waals surface area contributed by atoms with Gasteiger partial charge in [0.25, 0.3) is 11.8 Å². The molecule has 0 radical (unpaired) electrons. The molecule has 25 heavy (non-hydrogen) atoms. The predicted molar refractivity (Wildman–Crippen MR) is 80.6 cm³/mol. The molecule has 5 nitrogen and oxygen atoms in total. The Balaban J connectivity index is 1.91. The first-order chi connectivity index (χ1) is 11.8. The Hall–Kier alpha value is -3.16. The van der Waals surface area contributed by atoms with Crippen LogP contribution in [0.15, 0.2) is 54.6 Å². The Bertz CT molecular complexity index is 788. The summed E-state index contributed by atoms with van der Waals surface area (Å²) in [4.78, 5) is 35.1. The van der Waals surface area contributed by atoms with Gasteiger partial charge in [0.1, 0.15) is 0 Å². The Morgan fingerprint density at radius 3 is 2.20 bits per heavy atom. The van der Waals surface area contributed by atoms with E-state index in [1.54, 1.807) is 18.2 Å². The molecule has 0 aliphatic heterocycles. The molecule has 0 saturated heterocycles. The van der Waals surface area contributed by atoms with Crippen molar-refractivity contribution in [2.45, 2.75) is 6.18 Å². The van der Waals surface area contributed by atoms with E-state index in [9.17, 15) is 27.6 Å². The van der Waals surface area contributed by atoms with Gasteiger partial charge in [0.15, 0.2) is 6.61 Å². The zero-order valence-corrected chi connectivity index (χ0v) is 12.7. The molecule has 0 heterocycles. The number of benzene rings is 2. The van der Waals surface area contributed by atoms with Crippen LogP contribution in [0.25, 0.3) is 0 Å². The Morgan fingerprint density at radius 1 is 0.920 bits per heavy atom. The van der Waals surface area contributed by atoms with Crippen LogP contribution in [0.1, 0.15) is 26.3 Å². The molecule has 2 rings (SSSR count). The molecule has 130 valence electrons. The second-order valence-electron chi connectivity index (χ2n) is 4.90. The van der Waals surface area contributed by atoms with Crippen LogP contribution in [0.5, 0.6) is 0 Å². The summed E-state index contributed by atoms with van der Waals surface area (Å²) in [5.74, 6) is -2.68. The minimum Gasteiger partial charge on any atom is -0.452 e. The van der Waals surface area contributed by atoms with Crippen molar-refractivity contribution >= 4 is 17.8 Å². The van der Waals surface area contributed by atoms with Crippen molar-refractivity contribution in [2.24, 2.45) is 0 Å². The fourth-order valence-electron chi connectivity index (χ4n) is 1.86. The Kier molecular flexibility index (Phi) is 5.53. The average Bonchev–Trinajstić information content (AvgIpc) is 2.59. The van der Waals surface area contributed by atoms with Crippen LogP contribution in [0.4, 0.5) is 13.2 Å². The minimum absolute atomic E-state index is 0.236. The largest absolute Gasteiger partial charge is 0.452 e. The van der Waals surface area contributed by atoms with Gasteiger partial charge in [-0.05, 0) is 30.3 Å². The van der Waals surface area contributed by atoms with Gasteiger partial charge in [0.2, 0.25) is 0 Å². The van der Waals surface area contributed by atoms with E-state index in [2.05, 4.69) is 4.74 Å². The van der Waals surface area contributed by atoms with Gasteiger partial charge in [-0.3, -0.25) is 14.9 Å². The first kappa shape index (κ1) is 18.2. The first-order valence-electron chi connectivity index (χ1n) is 7.01. The SMILES string of the molecule is O=C(COC(=O)c1cccc(C(F)(F)F)c1)NC(=O)c1ccccc1. The number of esters is 1. The molecule has 0 aliphatic rings. The standard InChI is InChI=1S/C17H12F3NO4/c18-17(19,20)13-8-4-7-12(9-13)16(24)25-10-14(22)21-15(23)11-5-2-1-3-6-11/h1-9H,10H2,(H,21,22,23). The average molecular weight is 351 g/mol. The summed E-state index contributed by atoms with van der Waals surface area (Å²) in [6.45, 7) is -0.798. The molecule has 0 fully saturated rings. The maximum Gasteiger partial charge on any atom is 0.416 e. The fourth-order valence-corrected chi connectivity index (χ4v) is 1.86. The number of alkyl halides is 3. The molecule has 0 bridgehead atoms. The number of ether oxygens (including phenoxy) is 1. The van der Waals surface area contributed by atoms with Crippen molar-refractivity contribution in [1.82, 2.24) is 5.32 Å². The normalized spacial score (nSPS) is 10.8. The lowest BCUT2D eigenvalue weighted by molar-refractivity contribution is -0.137. The van der Waals surface area contributed by atoms with Crippen LogP contribution in [-0.4, -0.2) is 24.4 Å². The van der Waals surface area contributed by atoms with E-state index in [4.69, 9.17) is 0 Å². The number of carbonyl (C=O) groups excluding carboxylic acids is 3. The summed E-state index contributed by atoms with van der Waals surface area (Å²) in [5.41, 5.74) is -1.12. The first-order valence-corrected chi connectivity index (χ1v) is 7.01. The second-order valence-corrected chi connectivity index (χ2v) is 4.90. The molecule has 0 spiro atoms. The molecule has 0 atom stereocenters. The van der Waals surface area contributed by atoms with Crippen LogP contribution in [0.2, 0.25) is 0 Å². The van der Waals surface area contributed by atoms with Gasteiger partial charge in [-0.2, -0.15) is 13.2 Å². The van der Waals surface area contributed by atoms with E-state index in [1.807, 2.05) is 5.32 Å². The third-order valence-corrected chi connectivity index (χ3v) is 3.05. The van der Waals surface area contributed by atoms with Gasteiger partial charge in [-0.25, -0.2) is 4.79 Å². The summed E-state index contributed by atoms with van der Waals surface area (Å²) >= 11 is 0. The van der Waals surface area contributed by atoms with Crippen LogP contribution in [-0.2, 0) is 15.7 Å². The summed E-state index contributed by atoms with van der Waals surface area (Å²) < 4.78 is 42.4. The number of halogens is 3. The van der Waals surface area contributed by atoms with Gasteiger partial charge < -0.3 is 4.74 Å². The number of carbonyl (C=O) groups is 3. The molecule has 8 heteroatoms. The van der Waals surface area contributed by atoms with E-state index >= 15 is 0 Å². The highest BCUT2D eigenvalue weighted by Gasteiger charge is 2.31. The van der Waals surface area contributed by atoms with Crippen LogP contribution in [0.3, 0.4) is 0 Å². The Labute approximate surface area is 140 Å². The molecule has 2 amide bonds. The van der Waals surface area contributed by atoms with E-state index in [0.717, 1.165) is 18.2 Å². The third kappa shape index (κ3) is 5.17. The van der Waals surface area contributed by atoms with Gasteiger partial charge in [-0.1, -0.05) is 24.3 Å². The van der Waals surface area contributed by atoms with Crippen LogP contribution in [0, 0.1) is 0 Å². The number of amides is 2. The fraction of sp³-hybridized carbons (Fsp3) is 0.118. The van der Waals surface area contributed by atoms with Crippen molar-refractivity contribution in [3.8, 4) is 0 Å². The highest BCUT2D eigenvalue weighted by Crippen LogP contribution is 2.29. The highest BCUT2D eigenvalue weighted by atomic mass is 19.4. The molecular formula is C17H12F3NO4. The topological polar surface area (TPSA) is 72.5 Å². The number of imide groups is 1. The molecular weight excluding hydrogens is 339 g/mol. The van der Waals surface area contributed by atoms with Crippen molar-refractivity contribution in [2.75, 3.05) is 6.61 Å². The molecule has 0 unspecified atom stereocenters. The van der Waals surface area contributed by atoms with E-state index in [-0.39, 0.29) is 11.1 Å². The number of hydrogen-bond donors (Lipinski definition) is 1. The smallest absolute Gasteiger partial charge is 0.416 e. The quantitative estimate of drug-likeness (QED) is 0.860. The molecule has 0 aromatic heterocycles. The molecule has 2 aromatic carbocycles. The van der Waals surface area contributed by atoms with Gasteiger partial charge in [0, 0.05) is 5.56 Å². The van der Waals surface area contributed by atoms with Gasteiger partial charge in [-0.15, -0.1) is 0 Å². The lowest BCUT2D eigenvalue weighted by Gasteiger charge is -2.09. The predicted octanol–water partition coefficient (Wildman–Crippen LogP) is 2.82. The summed E-state index contributed by atoms with van der Waals surface area (Å²) in [6.07, 6.45) is -4.60. The van der Waals surface area contributed by atoms with Crippen LogP contribution >= 0.6 is 0 Å². The van der Waals surface area contributed by atoms with Crippen molar-refractivity contribution in [1.29, 1.82) is 0 Å². The number of nitrogens with one attached hydrogen (secondary N) is 1. The third-order valence-electron chi connectivity index (χ3n) is 3.05. The van der Waals surface area contributed by atoms with Crippen molar-refractivity contribution in [3.05, 3.63) is 71.3 Å². The maximum absolute atomic E-state index is 12.6. The minimum atomic E-state index is -4.60. The Morgan fingerprint density at radius 2 is 1.56 bits per heavy atom.